The first-order valence-electron chi connectivity index (χ1n) is 7.55. The van der Waals surface area contributed by atoms with Crippen LogP contribution in [-0.4, -0.2) is 23.3 Å². The van der Waals surface area contributed by atoms with Crippen molar-refractivity contribution in [1.29, 1.82) is 5.26 Å². The third-order valence-electron chi connectivity index (χ3n) is 3.45. The molecule has 6 heteroatoms. The number of pyridine rings is 1. The number of para-hydroxylation sites is 1. The van der Waals surface area contributed by atoms with Crippen LogP contribution in [0, 0.1) is 11.3 Å². The third-order valence-corrected chi connectivity index (χ3v) is 3.45. The van der Waals surface area contributed by atoms with E-state index >= 15 is 0 Å². The molecule has 0 saturated heterocycles. The van der Waals surface area contributed by atoms with Crippen molar-refractivity contribution in [2.45, 2.75) is 19.9 Å². The molecule has 122 valence electrons. The molecule has 2 rings (SSSR count). The second-order valence-corrected chi connectivity index (χ2v) is 5.15. The zero-order valence-corrected chi connectivity index (χ0v) is 13.4. The normalized spacial score (nSPS) is 9.83. The number of hydrogen-bond acceptors (Lipinski definition) is 4. The number of benzene rings is 1. The average molecular weight is 322 g/mol. The van der Waals surface area contributed by atoms with E-state index in [1.54, 1.807) is 30.5 Å². The molecule has 24 heavy (non-hydrogen) atoms. The molecule has 0 fully saturated rings. The number of rotatable bonds is 6. The first kappa shape index (κ1) is 17.2. The van der Waals surface area contributed by atoms with Gasteiger partial charge in [0.05, 0.1) is 23.5 Å². The Bertz CT molecular complexity index is 753. The van der Waals surface area contributed by atoms with Crippen LogP contribution in [0.4, 0.5) is 5.69 Å². The Kier molecular flexibility index (Phi) is 6.03. The van der Waals surface area contributed by atoms with Crippen molar-refractivity contribution in [1.82, 2.24) is 10.3 Å². The van der Waals surface area contributed by atoms with E-state index in [2.05, 4.69) is 16.4 Å². The number of aromatic nitrogens is 1. The van der Waals surface area contributed by atoms with Crippen LogP contribution in [0.15, 0.2) is 48.7 Å². The predicted octanol–water partition coefficient (Wildman–Crippen LogP) is 2.01. The molecule has 0 saturated carbocycles. The maximum Gasteiger partial charge on any atom is 0.223 e. The van der Waals surface area contributed by atoms with Crippen LogP contribution >= 0.6 is 0 Å². The van der Waals surface area contributed by atoms with Crippen molar-refractivity contribution in [3.8, 4) is 6.07 Å². The van der Waals surface area contributed by atoms with Gasteiger partial charge in [-0.25, -0.2) is 0 Å². The molecular formula is C18H18N4O2. The summed E-state index contributed by atoms with van der Waals surface area (Å²) >= 11 is 0. The van der Waals surface area contributed by atoms with Crippen LogP contribution in [0.5, 0.6) is 0 Å². The Hall–Kier alpha value is -3.20. The van der Waals surface area contributed by atoms with Gasteiger partial charge in [0.15, 0.2) is 0 Å². The molecule has 0 bridgehead atoms. The Balaban J connectivity index is 1.95. The quantitative estimate of drug-likeness (QED) is 0.881. The minimum Gasteiger partial charge on any atom is -0.350 e. The summed E-state index contributed by atoms with van der Waals surface area (Å²) in [6.45, 7) is 1.97. The maximum absolute atomic E-state index is 12.0. The lowest BCUT2D eigenvalue weighted by Gasteiger charge is -2.22. The molecular weight excluding hydrogens is 304 g/mol. The second-order valence-electron chi connectivity index (χ2n) is 5.15. The van der Waals surface area contributed by atoms with Crippen molar-refractivity contribution in [2.24, 2.45) is 0 Å². The van der Waals surface area contributed by atoms with Gasteiger partial charge in [0.1, 0.15) is 6.07 Å². The highest BCUT2D eigenvalue weighted by Crippen LogP contribution is 2.20. The van der Waals surface area contributed by atoms with Gasteiger partial charge in [0.2, 0.25) is 11.8 Å². The Morgan fingerprint density at radius 2 is 1.96 bits per heavy atom. The summed E-state index contributed by atoms with van der Waals surface area (Å²) in [5, 5.41) is 11.9. The summed E-state index contributed by atoms with van der Waals surface area (Å²) in [6.07, 6.45) is 1.81. The summed E-state index contributed by atoms with van der Waals surface area (Å²) in [7, 11) is 0. The van der Waals surface area contributed by atoms with Gasteiger partial charge in [-0.2, -0.15) is 5.26 Å². The minimum absolute atomic E-state index is 0.145. The molecule has 1 aromatic carbocycles. The van der Waals surface area contributed by atoms with Gasteiger partial charge < -0.3 is 10.2 Å². The van der Waals surface area contributed by atoms with Crippen molar-refractivity contribution >= 4 is 17.5 Å². The van der Waals surface area contributed by atoms with E-state index in [4.69, 9.17) is 5.26 Å². The molecule has 0 atom stereocenters. The Morgan fingerprint density at radius 3 is 2.62 bits per heavy atom. The molecule has 2 amide bonds. The monoisotopic (exact) mass is 322 g/mol. The molecule has 0 spiro atoms. The lowest BCUT2D eigenvalue weighted by Crippen LogP contribution is -2.34. The van der Waals surface area contributed by atoms with E-state index in [0.29, 0.717) is 17.8 Å². The molecule has 0 unspecified atom stereocenters. The Labute approximate surface area is 140 Å². The first-order valence-corrected chi connectivity index (χ1v) is 7.55. The standard InChI is InChI=1S/C18H18N4O2/c1-14(23)22(17-8-3-2-6-15(17)12-19)11-9-18(24)21-13-16-7-4-5-10-20-16/h2-8,10H,9,11,13H2,1H3,(H,21,24). The van der Waals surface area contributed by atoms with Crippen molar-refractivity contribution in [2.75, 3.05) is 11.4 Å². The summed E-state index contributed by atoms with van der Waals surface area (Å²) in [5.74, 6) is -0.392. The summed E-state index contributed by atoms with van der Waals surface area (Å²) < 4.78 is 0. The number of carbonyl (C=O) groups is 2. The summed E-state index contributed by atoms with van der Waals surface area (Å²) in [6, 6.07) is 14.4. The van der Waals surface area contributed by atoms with Crippen LogP contribution in [0.25, 0.3) is 0 Å². The zero-order valence-electron chi connectivity index (χ0n) is 13.4. The predicted molar refractivity (Wildman–Crippen MR) is 89.9 cm³/mol. The summed E-state index contributed by atoms with van der Waals surface area (Å²) in [5.41, 5.74) is 1.69. The van der Waals surface area contributed by atoms with Crippen LogP contribution in [0.2, 0.25) is 0 Å². The number of amides is 2. The fourth-order valence-electron chi connectivity index (χ4n) is 2.24. The molecule has 1 N–H and O–H groups in total. The van der Waals surface area contributed by atoms with Crippen LogP contribution in [-0.2, 0) is 16.1 Å². The van der Waals surface area contributed by atoms with E-state index in [1.165, 1.54) is 11.8 Å². The van der Waals surface area contributed by atoms with Gasteiger partial charge in [0.25, 0.3) is 0 Å². The molecule has 1 aromatic heterocycles. The van der Waals surface area contributed by atoms with Crippen molar-refractivity contribution in [3.05, 3.63) is 59.9 Å². The fraction of sp³-hybridized carbons (Fsp3) is 0.222. The minimum atomic E-state index is -0.213. The SMILES string of the molecule is CC(=O)N(CCC(=O)NCc1ccccn1)c1ccccc1C#N. The molecule has 2 aromatic rings. The number of anilines is 1. The number of nitrogens with zero attached hydrogens (tertiary/aromatic N) is 3. The highest BCUT2D eigenvalue weighted by molar-refractivity contribution is 5.93. The molecule has 0 radical (unpaired) electrons. The second kappa shape index (κ2) is 8.44. The van der Waals surface area contributed by atoms with E-state index in [1.807, 2.05) is 18.2 Å². The lowest BCUT2D eigenvalue weighted by molar-refractivity contribution is -0.121. The van der Waals surface area contributed by atoms with Crippen LogP contribution in [0.3, 0.4) is 0 Å². The molecule has 0 aliphatic carbocycles. The van der Waals surface area contributed by atoms with Crippen molar-refractivity contribution in [3.63, 3.8) is 0 Å². The third kappa shape index (κ3) is 4.65. The highest BCUT2D eigenvalue weighted by atomic mass is 16.2. The van der Waals surface area contributed by atoms with Gasteiger partial charge in [-0.1, -0.05) is 18.2 Å². The molecule has 0 aliphatic rings. The van der Waals surface area contributed by atoms with Gasteiger partial charge in [0, 0.05) is 26.1 Å². The fourth-order valence-corrected chi connectivity index (χ4v) is 2.24. The van der Waals surface area contributed by atoms with Gasteiger partial charge >= 0.3 is 0 Å². The zero-order chi connectivity index (χ0) is 17.4. The van der Waals surface area contributed by atoms with E-state index < -0.39 is 0 Å². The summed E-state index contributed by atoms with van der Waals surface area (Å²) in [4.78, 5) is 29.4. The number of hydrogen-bond donors (Lipinski definition) is 1. The number of nitrogens with one attached hydrogen (secondary N) is 1. The van der Waals surface area contributed by atoms with Gasteiger partial charge in [-0.05, 0) is 24.3 Å². The van der Waals surface area contributed by atoms with Crippen LogP contribution < -0.4 is 10.2 Å². The van der Waals surface area contributed by atoms with Crippen molar-refractivity contribution < 1.29 is 9.59 Å². The molecule has 6 nitrogen and oxygen atoms in total. The largest absolute Gasteiger partial charge is 0.350 e. The highest BCUT2D eigenvalue weighted by Gasteiger charge is 2.16. The number of nitriles is 1. The van der Waals surface area contributed by atoms with E-state index in [9.17, 15) is 9.59 Å². The van der Waals surface area contributed by atoms with E-state index in [0.717, 1.165) is 5.69 Å². The molecule has 0 aliphatic heterocycles. The first-order chi connectivity index (χ1) is 11.6. The smallest absolute Gasteiger partial charge is 0.223 e. The lowest BCUT2D eigenvalue weighted by atomic mass is 10.1. The van der Waals surface area contributed by atoms with Gasteiger partial charge in [-0.3, -0.25) is 14.6 Å². The maximum atomic E-state index is 12.0. The molecule has 1 heterocycles. The van der Waals surface area contributed by atoms with Gasteiger partial charge in [-0.15, -0.1) is 0 Å². The average Bonchev–Trinajstić information content (AvgIpc) is 2.61. The Morgan fingerprint density at radius 1 is 1.21 bits per heavy atom. The van der Waals surface area contributed by atoms with Crippen LogP contribution in [0.1, 0.15) is 24.6 Å². The topological polar surface area (TPSA) is 86.1 Å². The number of carbonyl (C=O) groups excluding carboxylic acids is 2. The van der Waals surface area contributed by atoms with E-state index in [-0.39, 0.29) is 24.8 Å².